The van der Waals surface area contributed by atoms with Crippen LogP contribution in [-0.4, -0.2) is 6.54 Å². The topological polar surface area (TPSA) is 12.0 Å². The first-order valence-corrected chi connectivity index (χ1v) is 7.34. The van der Waals surface area contributed by atoms with E-state index in [1.807, 2.05) is 0 Å². The molecule has 0 bridgehead atoms. The van der Waals surface area contributed by atoms with E-state index in [-0.39, 0.29) is 0 Å². The van der Waals surface area contributed by atoms with Gasteiger partial charge in [-0.15, -0.1) is 0 Å². The van der Waals surface area contributed by atoms with Gasteiger partial charge in [0.25, 0.3) is 0 Å². The predicted octanol–water partition coefficient (Wildman–Crippen LogP) is 4.40. The van der Waals surface area contributed by atoms with Crippen LogP contribution < -0.4 is 5.32 Å². The Labute approximate surface area is 116 Å². The maximum atomic E-state index is 6.17. The summed E-state index contributed by atoms with van der Waals surface area (Å²) < 4.78 is 1.13. The summed E-state index contributed by atoms with van der Waals surface area (Å²) in [5, 5.41) is 4.43. The van der Waals surface area contributed by atoms with Crippen LogP contribution >= 0.6 is 34.2 Å². The van der Waals surface area contributed by atoms with Gasteiger partial charge in [0.15, 0.2) is 0 Å². The molecule has 16 heavy (non-hydrogen) atoms. The molecule has 0 aromatic heterocycles. The van der Waals surface area contributed by atoms with Crippen molar-refractivity contribution in [1.29, 1.82) is 0 Å². The predicted molar refractivity (Wildman–Crippen MR) is 77.9 cm³/mol. The van der Waals surface area contributed by atoms with Crippen LogP contribution in [0.15, 0.2) is 18.2 Å². The van der Waals surface area contributed by atoms with Crippen LogP contribution in [0.2, 0.25) is 5.02 Å². The van der Waals surface area contributed by atoms with E-state index in [4.69, 9.17) is 11.6 Å². The van der Waals surface area contributed by atoms with E-state index in [0.29, 0.717) is 6.04 Å². The first kappa shape index (κ1) is 12.7. The lowest BCUT2D eigenvalue weighted by molar-refractivity contribution is 0.487. The van der Waals surface area contributed by atoms with Gasteiger partial charge in [-0.3, -0.25) is 0 Å². The third-order valence-electron chi connectivity index (χ3n) is 3.06. The lowest BCUT2D eigenvalue weighted by Gasteiger charge is -2.18. The van der Waals surface area contributed by atoms with Gasteiger partial charge in [0.1, 0.15) is 0 Å². The third kappa shape index (κ3) is 3.34. The maximum Gasteiger partial charge on any atom is 0.0542 e. The van der Waals surface area contributed by atoms with Crippen molar-refractivity contribution >= 4 is 34.2 Å². The van der Waals surface area contributed by atoms with Crippen molar-refractivity contribution in [3.05, 3.63) is 32.4 Å². The summed E-state index contributed by atoms with van der Waals surface area (Å²) in [7, 11) is 0. The molecule has 1 nitrogen and oxygen atoms in total. The van der Waals surface area contributed by atoms with E-state index in [9.17, 15) is 0 Å². The fraction of sp³-hybridized carbons (Fsp3) is 0.538. The van der Waals surface area contributed by atoms with Gasteiger partial charge in [0.05, 0.1) is 5.02 Å². The molecule has 1 N–H and O–H groups in total. The minimum absolute atomic E-state index is 0.479. The summed E-state index contributed by atoms with van der Waals surface area (Å²) in [5.41, 5.74) is 1.33. The molecule has 1 unspecified atom stereocenters. The fourth-order valence-electron chi connectivity index (χ4n) is 2.00. The average Bonchev–Trinajstić information content (AvgIpc) is 3.05. The molecule has 0 radical (unpaired) electrons. The van der Waals surface area contributed by atoms with Crippen molar-refractivity contribution in [1.82, 2.24) is 5.32 Å². The van der Waals surface area contributed by atoms with Crippen molar-refractivity contribution in [3.8, 4) is 0 Å². The van der Waals surface area contributed by atoms with Crippen molar-refractivity contribution in [3.63, 3.8) is 0 Å². The molecule has 1 atom stereocenters. The second kappa shape index (κ2) is 5.69. The number of hydrogen-bond donors (Lipinski definition) is 1. The van der Waals surface area contributed by atoms with Crippen molar-refractivity contribution in [2.24, 2.45) is 5.92 Å². The van der Waals surface area contributed by atoms with E-state index in [1.54, 1.807) is 0 Å². The van der Waals surface area contributed by atoms with Gasteiger partial charge in [-0.05, 0) is 59.2 Å². The first-order chi connectivity index (χ1) is 7.70. The Bertz CT molecular complexity index is 363. The fourth-order valence-corrected chi connectivity index (χ4v) is 2.52. The van der Waals surface area contributed by atoms with Crippen LogP contribution in [0.3, 0.4) is 0 Å². The van der Waals surface area contributed by atoms with E-state index in [1.165, 1.54) is 24.8 Å². The monoisotopic (exact) mass is 349 g/mol. The number of benzene rings is 1. The van der Waals surface area contributed by atoms with E-state index in [2.05, 4.69) is 53.0 Å². The molecule has 1 aromatic rings. The lowest BCUT2D eigenvalue weighted by atomic mass is 10.0. The van der Waals surface area contributed by atoms with E-state index < -0.39 is 0 Å². The van der Waals surface area contributed by atoms with E-state index in [0.717, 1.165) is 21.1 Å². The average molecular weight is 350 g/mol. The summed E-state index contributed by atoms with van der Waals surface area (Å²) in [6.45, 7) is 3.18. The smallest absolute Gasteiger partial charge is 0.0542 e. The SMILES string of the molecule is CCNC(CC1CC1)c1ccc(I)c(Cl)c1. The summed E-state index contributed by atoms with van der Waals surface area (Å²) >= 11 is 8.45. The Hall–Kier alpha value is 0.200. The third-order valence-corrected chi connectivity index (χ3v) is 4.63. The van der Waals surface area contributed by atoms with Gasteiger partial charge in [-0.25, -0.2) is 0 Å². The minimum Gasteiger partial charge on any atom is -0.310 e. The van der Waals surface area contributed by atoms with Crippen LogP contribution in [0.5, 0.6) is 0 Å². The molecule has 1 saturated carbocycles. The van der Waals surface area contributed by atoms with Gasteiger partial charge in [-0.2, -0.15) is 0 Å². The molecular formula is C13H17ClIN. The Morgan fingerprint density at radius 1 is 1.50 bits per heavy atom. The zero-order chi connectivity index (χ0) is 11.5. The van der Waals surface area contributed by atoms with Crippen LogP contribution in [-0.2, 0) is 0 Å². The number of rotatable bonds is 5. The van der Waals surface area contributed by atoms with Crippen molar-refractivity contribution in [2.45, 2.75) is 32.2 Å². The molecule has 2 rings (SSSR count). The largest absolute Gasteiger partial charge is 0.310 e. The molecule has 0 heterocycles. The first-order valence-electron chi connectivity index (χ1n) is 5.89. The molecule has 1 aliphatic rings. The zero-order valence-electron chi connectivity index (χ0n) is 9.47. The van der Waals surface area contributed by atoms with Crippen molar-refractivity contribution in [2.75, 3.05) is 6.54 Å². The Morgan fingerprint density at radius 2 is 2.25 bits per heavy atom. The highest BCUT2D eigenvalue weighted by molar-refractivity contribution is 14.1. The highest BCUT2D eigenvalue weighted by atomic mass is 127. The minimum atomic E-state index is 0.479. The summed E-state index contributed by atoms with van der Waals surface area (Å²) in [6.07, 6.45) is 4.06. The molecule has 3 heteroatoms. The molecule has 0 spiro atoms. The second-order valence-electron chi connectivity index (χ2n) is 4.46. The standard InChI is InChI=1S/C13H17ClIN/c1-2-16-13(7-9-3-4-9)10-5-6-12(15)11(14)8-10/h5-6,8-9,13,16H,2-4,7H2,1H3. The second-order valence-corrected chi connectivity index (χ2v) is 6.03. The van der Waals surface area contributed by atoms with E-state index >= 15 is 0 Å². The van der Waals surface area contributed by atoms with Crippen LogP contribution in [0.25, 0.3) is 0 Å². The summed E-state index contributed by atoms with van der Waals surface area (Å²) in [6, 6.07) is 6.89. The number of hydrogen-bond acceptors (Lipinski definition) is 1. The van der Waals surface area contributed by atoms with Crippen LogP contribution in [0, 0.1) is 9.49 Å². The quantitative estimate of drug-likeness (QED) is 0.777. The summed E-state index contributed by atoms with van der Waals surface area (Å²) in [5.74, 6) is 0.933. The molecule has 0 amide bonds. The summed E-state index contributed by atoms with van der Waals surface area (Å²) in [4.78, 5) is 0. The Kier molecular flexibility index (Phi) is 4.50. The Balaban J connectivity index is 2.12. The molecular weight excluding hydrogens is 333 g/mol. The van der Waals surface area contributed by atoms with Crippen LogP contribution in [0.1, 0.15) is 37.8 Å². The van der Waals surface area contributed by atoms with Gasteiger partial charge in [-0.1, -0.05) is 37.4 Å². The Morgan fingerprint density at radius 3 is 2.81 bits per heavy atom. The zero-order valence-corrected chi connectivity index (χ0v) is 12.4. The maximum absolute atomic E-state index is 6.17. The highest BCUT2D eigenvalue weighted by Gasteiger charge is 2.26. The molecule has 0 saturated heterocycles. The molecule has 1 aliphatic carbocycles. The number of halogens is 2. The molecule has 1 fully saturated rings. The van der Waals surface area contributed by atoms with Crippen LogP contribution in [0.4, 0.5) is 0 Å². The van der Waals surface area contributed by atoms with Gasteiger partial charge >= 0.3 is 0 Å². The lowest BCUT2D eigenvalue weighted by Crippen LogP contribution is -2.21. The van der Waals surface area contributed by atoms with Crippen molar-refractivity contribution < 1.29 is 0 Å². The normalized spacial score (nSPS) is 17.4. The molecule has 0 aliphatic heterocycles. The van der Waals surface area contributed by atoms with Gasteiger partial charge < -0.3 is 5.32 Å². The molecule has 1 aromatic carbocycles. The van der Waals surface area contributed by atoms with Gasteiger partial charge in [0.2, 0.25) is 0 Å². The highest BCUT2D eigenvalue weighted by Crippen LogP contribution is 2.38. The number of nitrogens with one attached hydrogen (secondary N) is 1. The molecule has 88 valence electrons. The van der Waals surface area contributed by atoms with Gasteiger partial charge in [0, 0.05) is 9.61 Å².